The van der Waals surface area contributed by atoms with Crippen molar-refractivity contribution < 1.29 is 22.7 Å². The van der Waals surface area contributed by atoms with Gasteiger partial charge in [0.2, 0.25) is 11.8 Å². The van der Waals surface area contributed by atoms with Gasteiger partial charge in [-0.05, 0) is 100 Å². The highest BCUT2D eigenvalue weighted by Crippen LogP contribution is 2.35. The van der Waals surface area contributed by atoms with Crippen LogP contribution in [0.5, 0.6) is 5.88 Å². The van der Waals surface area contributed by atoms with Gasteiger partial charge in [0.15, 0.2) is 5.03 Å². The first-order valence-electron chi connectivity index (χ1n) is 15.2. The number of anilines is 2. The summed E-state index contributed by atoms with van der Waals surface area (Å²) in [6.45, 7) is 7.60. The fourth-order valence-corrected chi connectivity index (χ4v) is 6.71. The van der Waals surface area contributed by atoms with Crippen molar-refractivity contribution in [3.63, 3.8) is 0 Å². The molecule has 4 aromatic rings. The minimum absolute atomic E-state index is 0.0789. The number of carbonyl (C=O) groups excluding carboxylic acids is 1. The number of nitrogens with zero attached hydrogens (tertiary/aromatic N) is 3. The van der Waals surface area contributed by atoms with Crippen LogP contribution in [-0.2, 0) is 21.2 Å². The van der Waals surface area contributed by atoms with Crippen LogP contribution in [0.25, 0.3) is 22.0 Å². The molecule has 244 valence electrons. The highest BCUT2D eigenvalue weighted by Gasteiger charge is 2.26. The van der Waals surface area contributed by atoms with Gasteiger partial charge in [-0.2, -0.15) is 13.4 Å². The summed E-state index contributed by atoms with van der Waals surface area (Å²) in [7, 11) is -2.57. The van der Waals surface area contributed by atoms with Crippen molar-refractivity contribution in [2.45, 2.75) is 82.5 Å². The zero-order chi connectivity index (χ0) is 33.1. The van der Waals surface area contributed by atoms with Crippen LogP contribution in [0, 0.1) is 0 Å². The van der Waals surface area contributed by atoms with E-state index >= 15 is 0 Å². The molecule has 5 rings (SSSR count). The number of para-hydroxylation sites is 1. The Kier molecular flexibility index (Phi) is 9.88. The lowest BCUT2D eigenvalue weighted by atomic mass is 9.91. The Hall–Kier alpha value is -4.16. The first kappa shape index (κ1) is 33.2. The zero-order valence-electron chi connectivity index (χ0n) is 26.6. The summed E-state index contributed by atoms with van der Waals surface area (Å²) >= 11 is 6.15. The number of halogens is 1. The maximum Gasteiger partial charge on any atom is 0.407 e. The van der Waals surface area contributed by atoms with Crippen LogP contribution in [0.3, 0.4) is 0 Å². The van der Waals surface area contributed by atoms with Gasteiger partial charge in [-0.3, -0.25) is 4.72 Å². The minimum atomic E-state index is -4.03. The summed E-state index contributed by atoms with van der Waals surface area (Å²) in [5.74, 6) is 0.720. The van der Waals surface area contributed by atoms with E-state index in [4.69, 9.17) is 26.1 Å². The molecular formula is C33H39ClN6O5S. The van der Waals surface area contributed by atoms with Gasteiger partial charge in [0, 0.05) is 29.2 Å². The Morgan fingerprint density at radius 1 is 1.00 bits per heavy atom. The lowest BCUT2D eigenvalue weighted by Crippen LogP contribution is -2.42. The number of aryl methyl sites for hydroxylation is 1. The van der Waals surface area contributed by atoms with E-state index in [0.29, 0.717) is 17.9 Å². The van der Waals surface area contributed by atoms with Crippen LogP contribution in [0.15, 0.2) is 59.8 Å². The van der Waals surface area contributed by atoms with Crippen LogP contribution in [0.4, 0.5) is 16.4 Å². The number of sulfonamides is 1. The van der Waals surface area contributed by atoms with Crippen LogP contribution in [0.2, 0.25) is 5.02 Å². The Morgan fingerprint density at radius 3 is 2.39 bits per heavy atom. The van der Waals surface area contributed by atoms with E-state index in [1.807, 2.05) is 39.8 Å². The second-order valence-corrected chi connectivity index (χ2v) is 14.3. The van der Waals surface area contributed by atoms with Crippen LogP contribution >= 0.6 is 11.6 Å². The fourth-order valence-electron chi connectivity index (χ4n) is 5.45. The molecule has 1 fully saturated rings. The average molecular weight is 667 g/mol. The molecule has 2 heterocycles. The van der Waals surface area contributed by atoms with Crippen LogP contribution in [0.1, 0.15) is 58.9 Å². The molecule has 0 atom stereocenters. The number of ether oxygens (including phenoxy) is 2. The first-order chi connectivity index (χ1) is 21.8. The van der Waals surface area contributed by atoms with Gasteiger partial charge >= 0.3 is 6.09 Å². The summed E-state index contributed by atoms with van der Waals surface area (Å²) in [4.78, 5) is 25.9. The molecule has 1 amide bonds. The van der Waals surface area contributed by atoms with Gasteiger partial charge in [0.05, 0.1) is 23.3 Å². The summed E-state index contributed by atoms with van der Waals surface area (Å²) in [6.07, 6.45) is 5.49. The smallest absolute Gasteiger partial charge is 0.407 e. The number of alkyl carbamates (subject to hydrolysis) is 1. The standard InChI is InChI=1S/C33H39ClN6O5S/c1-6-20-18-28-21(19-35-31(38-28)36-22-11-13-23(14-12-22)37-32(41)45-33(2,3)4)17-25(20)24-15-16-29(39-30(24)44-5)46(42,43)40-27-10-8-7-9-26(27)34/h7-10,15-19,22-23,40H,6,11-14H2,1-5H3,(H,37,41)(H,35,36,38). The van der Waals surface area contributed by atoms with Crippen molar-refractivity contribution in [2.24, 2.45) is 0 Å². The molecule has 11 nitrogen and oxygen atoms in total. The number of hydrogen-bond acceptors (Lipinski definition) is 9. The van der Waals surface area contributed by atoms with Gasteiger partial charge in [-0.1, -0.05) is 30.7 Å². The first-order valence-corrected chi connectivity index (χ1v) is 17.1. The lowest BCUT2D eigenvalue weighted by Gasteiger charge is -2.30. The predicted octanol–water partition coefficient (Wildman–Crippen LogP) is 6.96. The SMILES string of the molecule is CCc1cc2nc(NC3CCC(NC(=O)OC(C)(C)C)CC3)ncc2cc1-c1ccc(S(=O)(=O)Nc2ccccc2Cl)nc1OC. The number of nitrogens with one attached hydrogen (secondary N) is 3. The number of rotatable bonds is 9. The lowest BCUT2D eigenvalue weighted by molar-refractivity contribution is 0.0492. The molecule has 2 aromatic heterocycles. The number of fused-ring (bicyclic) bond motifs is 1. The van der Waals surface area contributed by atoms with E-state index in [0.717, 1.165) is 47.7 Å². The third-order valence-electron chi connectivity index (χ3n) is 7.68. The van der Waals surface area contributed by atoms with Crippen molar-refractivity contribution >= 4 is 50.3 Å². The van der Waals surface area contributed by atoms with E-state index in [-0.39, 0.29) is 39.8 Å². The molecule has 0 aliphatic heterocycles. The summed E-state index contributed by atoms with van der Waals surface area (Å²) in [6, 6.07) is 14.0. The summed E-state index contributed by atoms with van der Waals surface area (Å²) < 4.78 is 39.7. The van der Waals surface area contributed by atoms with Gasteiger partial charge in [-0.15, -0.1) is 0 Å². The van der Waals surface area contributed by atoms with E-state index in [1.54, 1.807) is 36.5 Å². The maximum atomic E-state index is 13.1. The highest BCUT2D eigenvalue weighted by molar-refractivity contribution is 7.92. The third-order valence-corrected chi connectivity index (χ3v) is 9.27. The second kappa shape index (κ2) is 13.7. The molecule has 1 saturated carbocycles. The van der Waals surface area contributed by atoms with Gasteiger partial charge in [0.1, 0.15) is 5.60 Å². The number of pyridine rings is 1. The zero-order valence-corrected chi connectivity index (χ0v) is 28.1. The van der Waals surface area contributed by atoms with Gasteiger partial charge < -0.3 is 20.1 Å². The molecule has 2 aromatic carbocycles. The molecule has 0 spiro atoms. The molecule has 0 unspecified atom stereocenters. The third kappa shape index (κ3) is 7.97. The van der Waals surface area contributed by atoms with Crippen molar-refractivity contribution in [3.8, 4) is 17.0 Å². The minimum Gasteiger partial charge on any atom is -0.481 e. The van der Waals surface area contributed by atoms with Gasteiger partial charge in [-0.25, -0.2) is 14.8 Å². The topological polar surface area (TPSA) is 144 Å². The maximum absolute atomic E-state index is 13.1. The van der Waals surface area contributed by atoms with Crippen LogP contribution < -0.4 is 20.1 Å². The number of methoxy groups -OCH3 is 1. The highest BCUT2D eigenvalue weighted by atomic mass is 35.5. The summed E-state index contributed by atoms with van der Waals surface area (Å²) in [5.41, 5.74) is 3.01. The molecule has 13 heteroatoms. The molecule has 0 saturated heterocycles. The van der Waals surface area contributed by atoms with Crippen molar-refractivity contribution in [2.75, 3.05) is 17.1 Å². The number of aromatic nitrogens is 3. The molecule has 3 N–H and O–H groups in total. The number of hydrogen-bond donors (Lipinski definition) is 3. The molecule has 1 aliphatic carbocycles. The number of amides is 1. The van der Waals surface area contributed by atoms with E-state index in [1.165, 1.54) is 13.2 Å². The Balaban J connectivity index is 1.32. The Labute approximate surface area is 274 Å². The normalized spacial score (nSPS) is 16.9. The van der Waals surface area contributed by atoms with Crippen molar-refractivity contribution in [1.82, 2.24) is 20.3 Å². The predicted molar refractivity (Wildman–Crippen MR) is 180 cm³/mol. The Bertz CT molecular complexity index is 1840. The Morgan fingerprint density at radius 2 is 1.72 bits per heavy atom. The number of benzene rings is 2. The molecule has 0 bridgehead atoms. The van der Waals surface area contributed by atoms with Gasteiger partial charge in [0.25, 0.3) is 10.0 Å². The molecule has 0 radical (unpaired) electrons. The second-order valence-electron chi connectivity index (χ2n) is 12.2. The molecular weight excluding hydrogens is 628 g/mol. The van der Waals surface area contributed by atoms with Crippen LogP contribution in [-0.4, -0.2) is 54.3 Å². The van der Waals surface area contributed by atoms with Crippen molar-refractivity contribution in [3.05, 3.63) is 65.3 Å². The monoisotopic (exact) mass is 666 g/mol. The quantitative estimate of drug-likeness (QED) is 0.173. The average Bonchev–Trinajstić information content (AvgIpc) is 3.01. The van der Waals surface area contributed by atoms with Crippen molar-refractivity contribution in [1.29, 1.82) is 0 Å². The molecule has 1 aliphatic rings. The van der Waals surface area contributed by atoms with E-state index in [2.05, 4.69) is 25.3 Å². The number of carbonyl (C=O) groups is 1. The molecule has 46 heavy (non-hydrogen) atoms. The summed E-state index contributed by atoms with van der Waals surface area (Å²) in [5, 5.41) is 7.34. The van der Waals surface area contributed by atoms with E-state index in [9.17, 15) is 13.2 Å². The fraction of sp³-hybridized carbons (Fsp3) is 0.394. The largest absolute Gasteiger partial charge is 0.481 e. The van der Waals surface area contributed by atoms with E-state index < -0.39 is 15.6 Å².